The molecule has 0 saturated heterocycles. The first-order valence-electron chi connectivity index (χ1n) is 40.1. The molecule has 0 aliphatic heterocycles. The third-order valence-corrected chi connectivity index (χ3v) is 30.1. The van der Waals surface area contributed by atoms with Crippen LogP contribution in [0.15, 0.2) is 257 Å². The Labute approximate surface area is 768 Å². The second kappa shape index (κ2) is 37.2. The topological polar surface area (TPSA) is 486 Å². The molecule has 8 aromatic carbocycles. The van der Waals surface area contributed by atoms with Crippen LogP contribution in [0.1, 0.15) is 47.3 Å². The van der Waals surface area contributed by atoms with Crippen molar-refractivity contribution in [2.45, 2.75) is 70.9 Å². The van der Waals surface area contributed by atoms with Crippen molar-refractivity contribution in [3.63, 3.8) is 0 Å². The van der Waals surface area contributed by atoms with Gasteiger partial charge in [-0.15, -0.1) is 45.3 Å². The lowest BCUT2D eigenvalue weighted by Gasteiger charge is -2.16. The summed E-state index contributed by atoms with van der Waals surface area (Å²) >= 11 is 6.80. The minimum atomic E-state index is -3.83. The number of nitriles is 1. The van der Waals surface area contributed by atoms with Gasteiger partial charge in [0.05, 0.1) is 85.8 Å². The number of aromatic nitrogens is 8. The summed E-state index contributed by atoms with van der Waals surface area (Å²) in [5, 5.41) is 53.6. The number of nitro groups is 1. The molecule has 0 amide bonds. The van der Waals surface area contributed by atoms with Crippen LogP contribution in [-0.4, -0.2) is 99.8 Å². The summed E-state index contributed by atoms with van der Waals surface area (Å²) in [5.74, 6) is 3.81. The molecule has 0 fully saturated rings. The lowest BCUT2D eigenvalue weighted by atomic mass is 9.95. The number of nitro benzene ring substituents is 1. The second-order valence-electron chi connectivity index (χ2n) is 30.1. The molecular formula is C92H76N18O13S8. The molecule has 20 rings (SSSR count). The number of benzene rings is 8. The molecule has 0 spiro atoms. The predicted octanol–water partition coefficient (Wildman–Crippen LogP) is 17.3. The molecule has 8 aromatic heterocycles. The fourth-order valence-electron chi connectivity index (χ4n) is 15.2. The molecule has 4 aliphatic rings. The zero-order valence-corrected chi connectivity index (χ0v) is 76.1. The van der Waals surface area contributed by atoms with E-state index in [0.717, 1.165) is 178 Å². The van der Waals surface area contributed by atoms with Gasteiger partial charge in [-0.2, -0.15) is 5.26 Å². The Morgan fingerprint density at radius 1 is 0.366 bits per heavy atom. The van der Waals surface area contributed by atoms with E-state index in [9.17, 15) is 49.0 Å². The minimum absolute atomic E-state index is 0.00724. The molecule has 0 unspecified atom stereocenters. The molecule has 0 saturated carbocycles. The summed E-state index contributed by atoms with van der Waals surface area (Å²) in [7, 11) is -10.3. The number of nitrogens with zero attached hydrogens (tertiary/aromatic N) is 10. The average Bonchev–Trinajstić information content (AvgIpc) is 1.64. The van der Waals surface area contributed by atoms with Gasteiger partial charge in [0.1, 0.15) is 17.2 Å². The van der Waals surface area contributed by atoms with Crippen molar-refractivity contribution in [2.75, 3.05) is 42.6 Å². The lowest BCUT2D eigenvalue weighted by Crippen LogP contribution is -2.12. The second-order valence-corrected chi connectivity index (χ2v) is 40.9. The van der Waals surface area contributed by atoms with Crippen LogP contribution in [0.4, 0.5) is 52.2 Å². The first kappa shape index (κ1) is 89.0. The van der Waals surface area contributed by atoms with Crippen molar-refractivity contribution in [1.29, 1.82) is 5.26 Å². The van der Waals surface area contributed by atoms with E-state index < -0.39 is 45.0 Å². The van der Waals surface area contributed by atoms with Crippen LogP contribution >= 0.6 is 45.3 Å². The molecule has 660 valence electrons. The summed E-state index contributed by atoms with van der Waals surface area (Å²) < 4.78 is 110. The van der Waals surface area contributed by atoms with Gasteiger partial charge >= 0.3 is 0 Å². The first-order valence-corrected chi connectivity index (χ1v) is 49.6. The fraction of sp³-hybridized carbons (Fsp3) is 0.120. The van der Waals surface area contributed by atoms with Crippen LogP contribution in [0.3, 0.4) is 0 Å². The Balaban J connectivity index is 0.000000122. The number of nitrogens with two attached hydrogens (primary N) is 4. The van der Waals surface area contributed by atoms with E-state index in [-0.39, 0.29) is 25.3 Å². The zero-order valence-electron chi connectivity index (χ0n) is 69.5. The Hall–Kier alpha value is -14.0. The van der Waals surface area contributed by atoms with Crippen LogP contribution in [0, 0.1) is 21.4 Å². The van der Waals surface area contributed by atoms with Crippen LogP contribution in [0.5, 0.6) is 17.2 Å². The number of nitrogens with one attached hydrogen (secondary N) is 4. The number of aryl methyl sites for hydroxylation is 8. The van der Waals surface area contributed by atoms with Crippen molar-refractivity contribution >= 4 is 138 Å². The smallest absolute Gasteiger partial charge is 0.270 e. The number of fused-ring (bicyclic) bond motifs is 12. The number of non-ortho nitro benzene ring substituents is 1. The summed E-state index contributed by atoms with van der Waals surface area (Å²) in [6, 6.07) is 63.5. The Bertz CT molecular complexity index is 7710. The number of primary sulfonamides is 4. The van der Waals surface area contributed by atoms with E-state index in [1.54, 1.807) is 140 Å². The Morgan fingerprint density at radius 3 is 1.01 bits per heavy atom. The van der Waals surface area contributed by atoms with E-state index in [1.807, 2.05) is 79.3 Å². The number of sulfonamides is 4. The van der Waals surface area contributed by atoms with Gasteiger partial charge in [-0.1, -0.05) is 54.6 Å². The van der Waals surface area contributed by atoms with Gasteiger partial charge in [0.25, 0.3) is 5.69 Å². The molecule has 4 aliphatic carbocycles. The highest BCUT2D eigenvalue weighted by atomic mass is 32.2. The monoisotopic (exact) mass is 1900 g/mol. The van der Waals surface area contributed by atoms with Gasteiger partial charge in [0, 0.05) is 121 Å². The van der Waals surface area contributed by atoms with Crippen molar-refractivity contribution in [2.24, 2.45) is 20.6 Å². The molecular weight excluding hydrogens is 1820 g/mol. The first-order chi connectivity index (χ1) is 62.9. The standard InChI is InChI=1S/C24H22N4O4S2.C23H17N5O2S2.C23H20N4O3S2.C22H17N5O4S2/c1-31-18-7-4-8-19(32-2)22(18)21-12-17-20(33-21)10-9-14-13-26-24(28-23(14)17)27-15-5-3-6-16(11-15)34(25,29)30;24-12-14-3-1-4-15(9-14)21-11-19-20(31-21)8-7-16-13-26-23(28-22(16)19)27-17-5-2-6-18(10-17)32(25,29)30;1-30-17-8-5-14(6-9-17)21-12-19-20(31-21)10-7-15-13-25-23(27-22(15)19)26-16-3-2-4-18(11-16)32(24,28)29;23-33(30,31)17-6-2-4-15(10-17)25-22-24-12-14-7-8-19-18(21(14)26-22)11-20(32-19)13-3-1-5-16(9-13)27(28)29/h3-8,11-13H,9-10H2,1-2H3,(H2,25,29,30)(H,26,27,28);1-6,9-11,13H,7-8H2,(H2,25,29,30)(H,26,27,28);2-6,8-9,11-13H,7,10H2,1H3,(H2,24,28,29)(H,25,26,27);1-6,9-12H,7-8H2,(H2,23,30,31)(H,24,25,26). The summed E-state index contributed by atoms with van der Waals surface area (Å²) in [6.45, 7) is 0. The molecule has 39 heteroatoms. The molecule has 8 heterocycles. The number of methoxy groups -OCH3 is 3. The normalized spacial score (nSPS) is 12.6. The highest BCUT2D eigenvalue weighted by molar-refractivity contribution is 7.90. The Kier molecular flexibility index (Phi) is 25.3. The number of rotatable bonds is 20. The Morgan fingerprint density at radius 2 is 0.679 bits per heavy atom. The number of anilines is 8. The lowest BCUT2D eigenvalue weighted by molar-refractivity contribution is -0.384. The zero-order chi connectivity index (χ0) is 91.6. The van der Waals surface area contributed by atoms with Gasteiger partial charge in [0.15, 0.2) is 0 Å². The van der Waals surface area contributed by atoms with E-state index >= 15 is 0 Å². The summed E-state index contributed by atoms with van der Waals surface area (Å²) in [4.78, 5) is 56.6. The molecule has 131 heavy (non-hydrogen) atoms. The van der Waals surface area contributed by atoms with Gasteiger partial charge in [0.2, 0.25) is 63.9 Å². The third-order valence-electron chi connectivity index (χ3n) is 21.5. The molecule has 12 N–H and O–H groups in total. The maximum absolute atomic E-state index is 11.7. The van der Waals surface area contributed by atoms with Crippen LogP contribution in [-0.2, 0) is 91.5 Å². The number of hydrogen-bond donors (Lipinski definition) is 8. The maximum atomic E-state index is 11.7. The molecule has 0 radical (unpaired) electrons. The quantitative estimate of drug-likeness (QED) is 0.0259. The molecule has 0 bridgehead atoms. The van der Waals surface area contributed by atoms with Crippen molar-refractivity contribution in [1.82, 2.24) is 39.9 Å². The van der Waals surface area contributed by atoms with E-state index in [0.29, 0.717) is 52.1 Å². The number of ether oxygens (including phenoxy) is 3. The van der Waals surface area contributed by atoms with Gasteiger partial charge < -0.3 is 35.5 Å². The van der Waals surface area contributed by atoms with Crippen LogP contribution < -0.4 is 56.0 Å². The number of hydrogen-bond acceptors (Lipinski definition) is 30. The fourth-order valence-corrected chi connectivity index (χ4v) is 22.2. The predicted molar refractivity (Wildman–Crippen MR) is 508 cm³/mol. The largest absolute Gasteiger partial charge is 0.497 e. The maximum Gasteiger partial charge on any atom is 0.270 e. The highest BCUT2D eigenvalue weighted by Crippen LogP contribution is 2.50. The highest BCUT2D eigenvalue weighted by Gasteiger charge is 2.30. The van der Waals surface area contributed by atoms with E-state index in [4.69, 9.17) is 54.7 Å². The SMILES string of the molecule is COc1ccc(-c2cc3c(s2)CCc2cnc(Nc4cccc(S(N)(=O)=O)c4)nc2-3)cc1.COc1cccc(OC)c1-c1cc2c(s1)CCc1cnc(Nc3cccc(S(N)(=O)=O)c3)nc1-2.N#Cc1cccc(-c2cc3c(s2)CCc2cnc(Nc4cccc(S(N)(=O)=O)c4)nc2-3)c1.NS(=O)(=O)c1cccc(Nc2ncc3c(n2)-c2cc(-c4cccc([N+](=O)[O-])c4)sc2CC3)c1. The molecule has 31 nitrogen and oxygen atoms in total. The van der Waals surface area contributed by atoms with Crippen molar-refractivity contribution in [3.05, 3.63) is 295 Å². The minimum Gasteiger partial charge on any atom is -0.497 e. The summed E-state index contributed by atoms with van der Waals surface area (Å²) in [5.41, 5.74) is 18.5. The molecule has 0 atom stereocenters. The van der Waals surface area contributed by atoms with Crippen LogP contribution in [0.25, 0.3) is 86.8 Å². The van der Waals surface area contributed by atoms with Gasteiger partial charge in [-0.05, 0) is 236 Å². The van der Waals surface area contributed by atoms with Crippen molar-refractivity contribution in [3.8, 4) is 110 Å². The van der Waals surface area contributed by atoms with E-state index in [1.165, 1.54) is 74.1 Å². The van der Waals surface area contributed by atoms with Crippen LogP contribution in [0.2, 0.25) is 0 Å². The van der Waals surface area contributed by atoms with Gasteiger partial charge in [-0.25, -0.2) is 94.1 Å². The molecule has 16 aromatic rings. The van der Waals surface area contributed by atoms with Crippen molar-refractivity contribution < 1.29 is 52.8 Å². The average molecular weight is 1900 g/mol. The third kappa shape index (κ3) is 20.1. The number of thiophene rings is 4. The summed E-state index contributed by atoms with van der Waals surface area (Å²) in [6.07, 6.45) is 14.2. The van der Waals surface area contributed by atoms with E-state index in [2.05, 4.69) is 77.6 Å². The van der Waals surface area contributed by atoms with Gasteiger partial charge in [-0.3, -0.25) is 10.1 Å².